The molecule has 1 heterocycles. The number of rotatable bonds is 7. The number of nitro benzene ring substituents is 1. The largest absolute Gasteiger partial charge is 0.379 e. The van der Waals surface area contributed by atoms with Gasteiger partial charge in [0.1, 0.15) is 5.69 Å². The summed E-state index contributed by atoms with van der Waals surface area (Å²) in [6, 6.07) is 15.4. The molecule has 0 spiro atoms. The van der Waals surface area contributed by atoms with Crippen LogP contribution in [0.15, 0.2) is 48.5 Å². The molecular weight excluding hydrogens is 318 g/mol. The van der Waals surface area contributed by atoms with Crippen molar-refractivity contribution in [2.75, 3.05) is 38.2 Å². The maximum atomic E-state index is 11.3. The van der Waals surface area contributed by atoms with E-state index >= 15 is 0 Å². The van der Waals surface area contributed by atoms with Gasteiger partial charge < -0.3 is 10.1 Å². The number of hydrogen-bond acceptors (Lipinski definition) is 5. The van der Waals surface area contributed by atoms with Crippen LogP contribution in [-0.2, 0) is 17.7 Å². The smallest absolute Gasteiger partial charge is 0.292 e. The Morgan fingerprint density at radius 1 is 1.08 bits per heavy atom. The molecule has 2 aromatic rings. The molecule has 0 bridgehead atoms. The van der Waals surface area contributed by atoms with E-state index in [9.17, 15) is 10.1 Å². The molecule has 0 aromatic heterocycles. The number of morpholine rings is 1. The van der Waals surface area contributed by atoms with E-state index in [-0.39, 0.29) is 10.6 Å². The second-order valence-corrected chi connectivity index (χ2v) is 6.16. The average molecular weight is 341 g/mol. The molecule has 1 N–H and O–H groups in total. The maximum Gasteiger partial charge on any atom is 0.292 e. The molecule has 25 heavy (non-hydrogen) atoms. The van der Waals surface area contributed by atoms with Crippen LogP contribution in [0, 0.1) is 10.1 Å². The standard InChI is InChI=1S/C19H23N3O3/c23-22(24)19-7-6-17(15-21-10-12-25-13-11-21)14-18(19)20-9-8-16-4-2-1-3-5-16/h1-7,14,20H,8-13,15H2. The summed E-state index contributed by atoms with van der Waals surface area (Å²) in [4.78, 5) is 13.3. The third-order valence-corrected chi connectivity index (χ3v) is 4.34. The van der Waals surface area contributed by atoms with Crippen molar-refractivity contribution in [2.24, 2.45) is 0 Å². The fourth-order valence-corrected chi connectivity index (χ4v) is 2.99. The van der Waals surface area contributed by atoms with Crippen LogP contribution in [0.25, 0.3) is 0 Å². The van der Waals surface area contributed by atoms with Crippen molar-refractivity contribution in [1.82, 2.24) is 4.90 Å². The number of nitro groups is 1. The molecule has 6 nitrogen and oxygen atoms in total. The van der Waals surface area contributed by atoms with Crippen LogP contribution in [0.1, 0.15) is 11.1 Å². The third kappa shape index (κ3) is 5.01. The Balaban J connectivity index is 1.66. The fraction of sp³-hybridized carbons (Fsp3) is 0.368. The first-order valence-electron chi connectivity index (χ1n) is 8.57. The second kappa shape index (κ2) is 8.60. The first-order chi connectivity index (χ1) is 12.2. The number of hydrogen-bond donors (Lipinski definition) is 1. The van der Waals surface area contributed by atoms with Crippen LogP contribution >= 0.6 is 0 Å². The van der Waals surface area contributed by atoms with E-state index in [4.69, 9.17) is 4.74 Å². The van der Waals surface area contributed by atoms with Crippen molar-refractivity contribution in [1.29, 1.82) is 0 Å². The highest BCUT2D eigenvalue weighted by atomic mass is 16.6. The minimum Gasteiger partial charge on any atom is -0.379 e. The van der Waals surface area contributed by atoms with Crippen molar-refractivity contribution in [3.05, 3.63) is 69.8 Å². The van der Waals surface area contributed by atoms with Gasteiger partial charge in [-0.05, 0) is 23.6 Å². The maximum absolute atomic E-state index is 11.3. The Kier molecular flexibility index (Phi) is 5.98. The van der Waals surface area contributed by atoms with E-state index in [1.807, 2.05) is 30.3 Å². The third-order valence-electron chi connectivity index (χ3n) is 4.34. The highest BCUT2D eigenvalue weighted by molar-refractivity contribution is 5.62. The van der Waals surface area contributed by atoms with E-state index in [0.717, 1.165) is 44.8 Å². The predicted octanol–water partition coefficient (Wildman–Crippen LogP) is 3.08. The number of ether oxygens (including phenoxy) is 1. The topological polar surface area (TPSA) is 67.6 Å². The summed E-state index contributed by atoms with van der Waals surface area (Å²) in [6.45, 7) is 4.73. The van der Waals surface area contributed by atoms with Crippen LogP contribution in [0.2, 0.25) is 0 Å². The molecular formula is C19H23N3O3. The summed E-state index contributed by atoms with van der Waals surface area (Å²) in [5, 5.41) is 14.5. The minimum atomic E-state index is -0.330. The van der Waals surface area contributed by atoms with Crippen LogP contribution < -0.4 is 5.32 Å². The van der Waals surface area contributed by atoms with Crippen LogP contribution in [-0.4, -0.2) is 42.7 Å². The summed E-state index contributed by atoms with van der Waals surface area (Å²) in [7, 11) is 0. The van der Waals surface area contributed by atoms with Gasteiger partial charge in [-0.2, -0.15) is 0 Å². The number of benzene rings is 2. The summed E-state index contributed by atoms with van der Waals surface area (Å²) < 4.78 is 5.36. The van der Waals surface area contributed by atoms with Gasteiger partial charge in [0.25, 0.3) is 5.69 Å². The quantitative estimate of drug-likeness (QED) is 0.619. The zero-order chi connectivity index (χ0) is 17.5. The molecule has 0 amide bonds. The van der Waals surface area contributed by atoms with E-state index in [1.54, 1.807) is 6.07 Å². The summed E-state index contributed by atoms with van der Waals surface area (Å²) in [6.07, 6.45) is 0.825. The Morgan fingerprint density at radius 3 is 2.56 bits per heavy atom. The van der Waals surface area contributed by atoms with E-state index < -0.39 is 0 Å². The average Bonchev–Trinajstić information content (AvgIpc) is 2.63. The van der Waals surface area contributed by atoms with E-state index in [0.29, 0.717) is 12.2 Å². The minimum absolute atomic E-state index is 0.124. The molecule has 1 aliphatic heterocycles. The van der Waals surface area contributed by atoms with Crippen LogP contribution in [0.3, 0.4) is 0 Å². The number of anilines is 1. The van der Waals surface area contributed by atoms with Gasteiger partial charge in [-0.3, -0.25) is 15.0 Å². The summed E-state index contributed by atoms with van der Waals surface area (Å²) in [5.74, 6) is 0. The lowest BCUT2D eigenvalue weighted by Gasteiger charge is -2.26. The monoisotopic (exact) mass is 341 g/mol. The van der Waals surface area contributed by atoms with Crippen LogP contribution in [0.5, 0.6) is 0 Å². The first-order valence-corrected chi connectivity index (χ1v) is 8.57. The zero-order valence-electron chi connectivity index (χ0n) is 14.2. The van der Waals surface area contributed by atoms with Crippen molar-refractivity contribution in [2.45, 2.75) is 13.0 Å². The highest BCUT2D eigenvalue weighted by Crippen LogP contribution is 2.26. The Hall–Kier alpha value is -2.44. The molecule has 6 heteroatoms. The SMILES string of the molecule is O=[N+]([O-])c1ccc(CN2CCOCC2)cc1NCCc1ccccc1. The number of nitrogens with one attached hydrogen (secondary N) is 1. The van der Waals surface area contributed by atoms with Gasteiger partial charge in [0.05, 0.1) is 18.1 Å². The molecule has 0 radical (unpaired) electrons. The summed E-state index contributed by atoms with van der Waals surface area (Å²) in [5.41, 5.74) is 3.00. The Morgan fingerprint density at radius 2 is 1.84 bits per heavy atom. The molecule has 1 aliphatic rings. The van der Waals surface area contributed by atoms with Crippen molar-refractivity contribution in [3.8, 4) is 0 Å². The molecule has 0 unspecified atom stereocenters. The molecule has 0 aliphatic carbocycles. The van der Waals surface area contributed by atoms with Crippen molar-refractivity contribution >= 4 is 11.4 Å². The molecule has 3 rings (SSSR count). The van der Waals surface area contributed by atoms with Crippen LogP contribution in [0.4, 0.5) is 11.4 Å². The highest BCUT2D eigenvalue weighted by Gasteiger charge is 2.16. The number of nitrogens with zero attached hydrogens (tertiary/aromatic N) is 2. The van der Waals surface area contributed by atoms with Crippen molar-refractivity contribution < 1.29 is 9.66 Å². The van der Waals surface area contributed by atoms with Gasteiger partial charge in [-0.1, -0.05) is 36.4 Å². The first kappa shape index (κ1) is 17.4. The predicted molar refractivity (Wildman–Crippen MR) is 97.8 cm³/mol. The molecule has 132 valence electrons. The lowest BCUT2D eigenvalue weighted by atomic mass is 10.1. The van der Waals surface area contributed by atoms with E-state index in [1.165, 1.54) is 5.56 Å². The summed E-state index contributed by atoms with van der Waals surface area (Å²) >= 11 is 0. The van der Waals surface area contributed by atoms with Gasteiger partial charge in [-0.15, -0.1) is 0 Å². The zero-order valence-corrected chi connectivity index (χ0v) is 14.2. The van der Waals surface area contributed by atoms with Gasteiger partial charge in [0, 0.05) is 32.2 Å². The normalized spacial score (nSPS) is 15.0. The molecule has 1 saturated heterocycles. The van der Waals surface area contributed by atoms with Crippen molar-refractivity contribution in [3.63, 3.8) is 0 Å². The van der Waals surface area contributed by atoms with E-state index in [2.05, 4.69) is 22.3 Å². The molecule has 2 aromatic carbocycles. The lowest BCUT2D eigenvalue weighted by Crippen LogP contribution is -2.35. The molecule has 0 atom stereocenters. The van der Waals surface area contributed by atoms with Gasteiger partial charge in [0.15, 0.2) is 0 Å². The Bertz CT molecular complexity index is 700. The molecule has 1 fully saturated rings. The lowest BCUT2D eigenvalue weighted by molar-refractivity contribution is -0.384. The van der Waals surface area contributed by atoms with Gasteiger partial charge in [0.2, 0.25) is 0 Å². The fourth-order valence-electron chi connectivity index (χ4n) is 2.99. The molecule has 0 saturated carbocycles. The van der Waals surface area contributed by atoms with Gasteiger partial charge in [-0.25, -0.2) is 0 Å². The second-order valence-electron chi connectivity index (χ2n) is 6.16. The van der Waals surface area contributed by atoms with Gasteiger partial charge >= 0.3 is 0 Å². The Labute approximate surface area is 147 Å².